The molecule has 0 spiro atoms. The van der Waals surface area contributed by atoms with E-state index in [2.05, 4.69) is 15.6 Å². The molecule has 2 rings (SSSR count). The highest BCUT2D eigenvalue weighted by Gasteiger charge is 2.08. The SMILES string of the molecule is Cc1cccc(NC(=O)Nc2cncc(C(=O)O)c2)c1C. The summed E-state index contributed by atoms with van der Waals surface area (Å²) in [7, 11) is 0. The average Bonchev–Trinajstić information content (AvgIpc) is 2.44. The summed E-state index contributed by atoms with van der Waals surface area (Å²) in [5, 5.41) is 14.2. The van der Waals surface area contributed by atoms with E-state index in [-0.39, 0.29) is 5.56 Å². The maximum Gasteiger partial charge on any atom is 0.337 e. The van der Waals surface area contributed by atoms with Gasteiger partial charge in [0.25, 0.3) is 0 Å². The lowest BCUT2D eigenvalue weighted by atomic mass is 10.1. The maximum absolute atomic E-state index is 11.9. The molecule has 1 aromatic heterocycles. The molecule has 108 valence electrons. The van der Waals surface area contributed by atoms with Gasteiger partial charge >= 0.3 is 12.0 Å². The van der Waals surface area contributed by atoms with Crippen molar-refractivity contribution >= 4 is 23.4 Å². The van der Waals surface area contributed by atoms with E-state index in [1.165, 1.54) is 18.5 Å². The number of carboxylic acids is 1. The number of hydrogen-bond acceptors (Lipinski definition) is 3. The quantitative estimate of drug-likeness (QED) is 0.808. The Labute approximate surface area is 121 Å². The third-order valence-electron chi connectivity index (χ3n) is 3.10. The van der Waals surface area contributed by atoms with Crippen molar-refractivity contribution in [2.45, 2.75) is 13.8 Å². The standard InChI is InChI=1S/C15H15N3O3/c1-9-4-3-5-13(10(9)2)18-15(21)17-12-6-11(14(19)20)7-16-8-12/h3-8H,1-2H3,(H,19,20)(H2,17,18,21). The van der Waals surface area contributed by atoms with Crippen LogP contribution in [0.1, 0.15) is 21.5 Å². The van der Waals surface area contributed by atoms with Crippen LogP contribution in [0.4, 0.5) is 16.2 Å². The zero-order valence-corrected chi connectivity index (χ0v) is 11.7. The maximum atomic E-state index is 11.9. The topological polar surface area (TPSA) is 91.3 Å². The number of carbonyl (C=O) groups is 2. The van der Waals surface area contributed by atoms with Gasteiger partial charge in [-0.3, -0.25) is 4.98 Å². The van der Waals surface area contributed by atoms with Crippen molar-refractivity contribution < 1.29 is 14.7 Å². The first-order valence-electron chi connectivity index (χ1n) is 6.30. The van der Waals surface area contributed by atoms with Crippen LogP contribution in [0.3, 0.4) is 0 Å². The van der Waals surface area contributed by atoms with Gasteiger partial charge in [0.05, 0.1) is 17.4 Å². The summed E-state index contributed by atoms with van der Waals surface area (Å²) in [6, 6.07) is 6.50. The first kappa shape index (κ1) is 14.5. The van der Waals surface area contributed by atoms with Crippen molar-refractivity contribution in [3.05, 3.63) is 53.3 Å². The molecular weight excluding hydrogens is 270 g/mol. The summed E-state index contributed by atoms with van der Waals surface area (Å²) in [6.07, 6.45) is 2.60. The Bertz CT molecular complexity index is 698. The van der Waals surface area contributed by atoms with E-state index in [0.29, 0.717) is 11.4 Å². The van der Waals surface area contributed by atoms with Gasteiger partial charge in [-0.15, -0.1) is 0 Å². The zero-order chi connectivity index (χ0) is 15.4. The van der Waals surface area contributed by atoms with Gasteiger partial charge in [0, 0.05) is 11.9 Å². The van der Waals surface area contributed by atoms with E-state index in [0.717, 1.165) is 11.1 Å². The summed E-state index contributed by atoms with van der Waals surface area (Å²) in [5.41, 5.74) is 3.08. The predicted octanol–water partition coefficient (Wildman–Crippen LogP) is 3.04. The number of aromatic carboxylic acids is 1. The number of nitrogens with one attached hydrogen (secondary N) is 2. The van der Waals surface area contributed by atoms with Crippen LogP contribution >= 0.6 is 0 Å². The Kier molecular flexibility index (Phi) is 4.18. The highest BCUT2D eigenvalue weighted by Crippen LogP contribution is 2.18. The van der Waals surface area contributed by atoms with Gasteiger partial charge in [0.1, 0.15) is 0 Å². The Morgan fingerprint density at radius 2 is 1.90 bits per heavy atom. The van der Waals surface area contributed by atoms with Crippen LogP contribution < -0.4 is 10.6 Å². The fraction of sp³-hybridized carbons (Fsp3) is 0.133. The number of hydrogen-bond donors (Lipinski definition) is 3. The Hall–Kier alpha value is -2.89. The molecule has 0 aliphatic rings. The molecule has 6 heteroatoms. The molecule has 21 heavy (non-hydrogen) atoms. The summed E-state index contributed by atoms with van der Waals surface area (Å²) >= 11 is 0. The van der Waals surface area contributed by atoms with Crippen molar-refractivity contribution in [3.8, 4) is 0 Å². The predicted molar refractivity (Wildman–Crippen MR) is 79.8 cm³/mol. The number of carboxylic acid groups (broad SMARTS) is 1. The number of aryl methyl sites for hydroxylation is 1. The number of amides is 2. The molecule has 0 bridgehead atoms. The first-order chi connectivity index (χ1) is 9.97. The lowest BCUT2D eigenvalue weighted by Gasteiger charge is -2.11. The van der Waals surface area contributed by atoms with Crippen LogP contribution in [-0.4, -0.2) is 22.1 Å². The Morgan fingerprint density at radius 1 is 1.14 bits per heavy atom. The molecule has 0 aliphatic carbocycles. The highest BCUT2D eigenvalue weighted by molar-refractivity contribution is 6.00. The third kappa shape index (κ3) is 3.56. The van der Waals surface area contributed by atoms with E-state index < -0.39 is 12.0 Å². The summed E-state index contributed by atoms with van der Waals surface area (Å²) in [6.45, 7) is 3.87. The summed E-state index contributed by atoms with van der Waals surface area (Å²) in [4.78, 5) is 26.5. The van der Waals surface area contributed by atoms with Crippen LogP contribution in [0.2, 0.25) is 0 Å². The van der Waals surface area contributed by atoms with Crippen LogP contribution in [0, 0.1) is 13.8 Å². The number of benzene rings is 1. The van der Waals surface area contributed by atoms with Crippen molar-refractivity contribution in [2.75, 3.05) is 10.6 Å². The van der Waals surface area contributed by atoms with E-state index in [4.69, 9.17) is 5.11 Å². The summed E-state index contributed by atoms with van der Waals surface area (Å²) in [5.74, 6) is -1.10. The number of rotatable bonds is 3. The van der Waals surface area contributed by atoms with E-state index in [9.17, 15) is 9.59 Å². The van der Waals surface area contributed by atoms with Crippen LogP contribution in [-0.2, 0) is 0 Å². The molecule has 2 amide bonds. The van der Waals surface area contributed by atoms with Crippen LogP contribution in [0.15, 0.2) is 36.7 Å². The largest absolute Gasteiger partial charge is 0.478 e. The third-order valence-corrected chi connectivity index (χ3v) is 3.10. The molecule has 0 aliphatic heterocycles. The minimum atomic E-state index is -1.10. The second-order valence-electron chi connectivity index (χ2n) is 4.59. The van der Waals surface area contributed by atoms with Crippen molar-refractivity contribution in [2.24, 2.45) is 0 Å². The minimum Gasteiger partial charge on any atom is -0.478 e. The molecule has 6 nitrogen and oxygen atoms in total. The Balaban J connectivity index is 2.10. The minimum absolute atomic E-state index is 0.0135. The summed E-state index contributed by atoms with van der Waals surface area (Å²) < 4.78 is 0. The number of anilines is 2. The molecule has 0 unspecified atom stereocenters. The van der Waals surface area contributed by atoms with Crippen molar-refractivity contribution in [1.82, 2.24) is 4.98 Å². The molecular formula is C15H15N3O3. The van der Waals surface area contributed by atoms with Gasteiger partial charge in [0.15, 0.2) is 0 Å². The smallest absolute Gasteiger partial charge is 0.337 e. The molecule has 3 N–H and O–H groups in total. The lowest BCUT2D eigenvalue weighted by Crippen LogP contribution is -2.20. The van der Waals surface area contributed by atoms with Gasteiger partial charge in [-0.05, 0) is 37.1 Å². The fourth-order valence-electron chi connectivity index (χ4n) is 1.80. The molecule has 1 aromatic carbocycles. The average molecular weight is 285 g/mol. The van der Waals surface area contributed by atoms with Gasteiger partial charge in [-0.2, -0.15) is 0 Å². The molecule has 0 saturated heterocycles. The van der Waals surface area contributed by atoms with Crippen molar-refractivity contribution in [3.63, 3.8) is 0 Å². The first-order valence-corrected chi connectivity index (χ1v) is 6.30. The number of carbonyl (C=O) groups excluding carboxylic acids is 1. The van der Waals surface area contributed by atoms with E-state index >= 15 is 0 Å². The van der Waals surface area contributed by atoms with Crippen LogP contribution in [0.25, 0.3) is 0 Å². The van der Waals surface area contributed by atoms with E-state index in [1.54, 1.807) is 6.07 Å². The molecule has 0 fully saturated rings. The van der Waals surface area contributed by atoms with Gasteiger partial charge in [-0.1, -0.05) is 12.1 Å². The second kappa shape index (κ2) is 6.04. The second-order valence-corrected chi connectivity index (χ2v) is 4.59. The van der Waals surface area contributed by atoms with E-state index in [1.807, 2.05) is 26.0 Å². The Morgan fingerprint density at radius 3 is 2.62 bits per heavy atom. The fourth-order valence-corrected chi connectivity index (χ4v) is 1.80. The number of nitrogens with zero attached hydrogens (tertiary/aromatic N) is 1. The monoisotopic (exact) mass is 285 g/mol. The molecule has 0 saturated carbocycles. The highest BCUT2D eigenvalue weighted by atomic mass is 16.4. The van der Waals surface area contributed by atoms with Gasteiger partial charge in [-0.25, -0.2) is 9.59 Å². The normalized spacial score (nSPS) is 10.0. The van der Waals surface area contributed by atoms with Crippen molar-refractivity contribution in [1.29, 1.82) is 0 Å². The van der Waals surface area contributed by atoms with Gasteiger partial charge in [0.2, 0.25) is 0 Å². The number of urea groups is 1. The molecule has 0 radical (unpaired) electrons. The number of aromatic nitrogens is 1. The molecule has 2 aromatic rings. The number of pyridine rings is 1. The molecule has 0 atom stereocenters. The molecule has 1 heterocycles. The lowest BCUT2D eigenvalue weighted by molar-refractivity contribution is 0.0696. The van der Waals surface area contributed by atoms with Gasteiger partial charge < -0.3 is 15.7 Å². The zero-order valence-electron chi connectivity index (χ0n) is 11.7. The van der Waals surface area contributed by atoms with Crippen LogP contribution in [0.5, 0.6) is 0 Å².